The fourth-order valence-corrected chi connectivity index (χ4v) is 8.51. The zero-order chi connectivity index (χ0) is 37.2. The summed E-state index contributed by atoms with van der Waals surface area (Å²) in [5, 5.41) is 24.6. The van der Waals surface area contributed by atoms with Crippen molar-refractivity contribution in [1.82, 2.24) is 0 Å². The van der Waals surface area contributed by atoms with Crippen LogP contribution in [0.1, 0.15) is 64.7 Å². The molecule has 3 aliphatic carbocycles. The molecule has 0 radical (unpaired) electrons. The van der Waals surface area contributed by atoms with Crippen LogP contribution in [-0.2, 0) is 42.8 Å². The summed E-state index contributed by atoms with van der Waals surface area (Å²) >= 11 is 17.3. The summed E-state index contributed by atoms with van der Waals surface area (Å²) in [4.78, 5) is 68.0. The van der Waals surface area contributed by atoms with Crippen molar-refractivity contribution in [2.45, 2.75) is 99.9 Å². The maximum Gasteiger partial charge on any atom is 0.508 e. The SMILES string of the molecule is CC(=O)O[C@H]1C(=O)[C@@]2(C)C(C(OC(=O)c3ccccc3)[C@]3(O)CC(O)C(C)=C1C3(C)C)[C@]1(OC(C)=O)COC1C[C@@H]2OC(=O)OCC(Cl)(Cl)Cl. The largest absolute Gasteiger partial charge is 0.508 e. The first-order valence-electron chi connectivity index (χ1n) is 15.9. The minimum absolute atomic E-state index is 0.0606. The summed E-state index contributed by atoms with van der Waals surface area (Å²) in [7, 11) is 0. The van der Waals surface area contributed by atoms with Crippen LogP contribution in [0.25, 0.3) is 0 Å². The summed E-state index contributed by atoms with van der Waals surface area (Å²) in [6.07, 6.45) is -9.52. The van der Waals surface area contributed by atoms with Crippen molar-refractivity contribution in [2.24, 2.45) is 16.7 Å². The summed E-state index contributed by atoms with van der Waals surface area (Å²) in [5.74, 6) is -4.97. The molecular weight excluding hydrogens is 723 g/mol. The number of alkyl halides is 3. The standard InChI is InChI=1S/C34H39Cl3O13/c1-16-20(40)13-33(44)27(49-28(42)19-10-8-7-9-11-19)25-31(6,26(41)24(47-17(2)38)23(16)30(33,4)5)21(48-29(43)46-15-34(35,36)37)12-22-32(25,14-45-22)50-18(3)39/h7-11,20-22,24-25,27,40,44H,12-15H2,1-6H3/t20?,21-,22?,24+,25?,27?,31+,32-,33+/m0/s1. The van der Waals surface area contributed by atoms with Gasteiger partial charge >= 0.3 is 24.1 Å². The van der Waals surface area contributed by atoms with Crippen molar-refractivity contribution in [2.75, 3.05) is 13.2 Å². The second-order valence-electron chi connectivity index (χ2n) is 14.0. The van der Waals surface area contributed by atoms with Gasteiger partial charge in [0.2, 0.25) is 3.79 Å². The molecule has 4 aliphatic rings. The van der Waals surface area contributed by atoms with E-state index in [-0.39, 0.29) is 29.7 Å². The molecule has 16 heteroatoms. The molecule has 2 saturated carbocycles. The van der Waals surface area contributed by atoms with E-state index in [1.807, 2.05) is 0 Å². The fourth-order valence-electron chi connectivity index (χ4n) is 8.35. The Kier molecular flexibility index (Phi) is 10.1. The van der Waals surface area contributed by atoms with Crippen LogP contribution in [0, 0.1) is 16.7 Å². The Morgan fingerprint density at radius 1 is 1.00 bits per heavy atom. The zero-order valence-corrected chi connectivity index (χ0v) is 30.5. The molecule has 50 heavy (non-hydrogen) atoms. The molecule has 2 bridgehead atoms. The molecular formula is C34H39Cl3O13. The van der Waals surface area contributed by atoms with Gasteiger partial charge in [0.25, 0.3) is 0 Å². The number of fused-ring (bicyclic) bond motifs is 5. The van der Waals surface area contributed by atoms with E-state index >= 15 is 4.79 Å². The Morgan fingerprint density at radius 2 is 1.64 bits per heavy atom. The maximum absolute atomic E-state index is 15.4. The van der Waals surface area contributed by atoms with Crippen molar-refractivity contribution in [3.8, 4) is 0 Å². The summed E-state index contributed by atoms with van der Waals surface area (Å²) in [6, 6.07) is 7.85. The van der Waals surface area contributed by atoms with Crippen molar-refractivity contribution >= 4 is 64.6 Å². The third kappa shape index (κ3) is 6.28. The molecule has 1 saturated heterocycles. The Morgan fingerprint density at radius 3 is 2.18 bits per heavy atom. The van der Waals surface area contributed by atoms with Gasteiger partial charge < -0.3 is 38.6 Å². The van der Waals surface area contributed by atoms with Crippen molar-refractivity contribution < 1.29 is 62.6 Å². The number of halogens is 3. The third-order valence-corrected chi connectivity index (χ3v) is 11.1. The van der Waals surface area contributed by atoms with E-state index in [0.29, 0.717) is 0 Å². The Bertz CT molecular complexity index is 1610. The van der Waals surface area contributed by atoms with Gasteiger partial charge in [-0.25, -0.2) is 9.59 Å². The fraction of sp³-hybridized carbons (Fsp3) is 0.618. The summed E-state index contributed by atoms with van der Waals surface area (Å²) in [5.41, 5.74) is -7.26. The highest BCUT2D eigenvalue weighted by Gasteiger charge is 2.79. The van der Waals surface area contributed by atoms with Crippen LogP contribution in [0.3, 0.4) is 0 Å². The van der Waals surface area contributed by atoms with E-state index in [1.165, 1.54) is 26.0 Å². The molecule has 3 fully saturated rings. The van der Waals surface area contributed by atoms with Crippen LogP contribution >= 0.6 is 34.8 Å². The number of rotatable bonds is 6. The maximum atomic E-state index is 15.4. The van der Waals surface area contributed by atoms with E-state index in [9.17, 15) is 29.4 Å². The van der Waals surface area contributed by atoms with Gasteiger partial charge in [0, 0.05) is 32.1 Å². The predicted molar refractivity (Wildman–Crippen MR) is 175 cm³/mol. The molecule has 1 aliphatic heterocycles. The lowest BCUT2D eigenvalue weighted by Crippen LogP contribution is -2.82. The lowest BCUT2D eigenvalue weighted by Gasteiger charge is -2.67. The molecule has 5 rings (SSSR count). The van der Waals surface area contributed by atoms with Gasteiger partial charge in [-0.15, -0.1) is 0 Å². The number of aliphatic hydroxyl groups excluding tert-OH is 1. The van der Waals surface area contributed by atoms with E-state index in [4.69, 9.17) is 63.2 Å². The topological polar surface area (TPSA) is 181 Å². The average molecular weight is 762 g/mol. The Hall–Kier alpha value is -2.94. The Labute approximate surface area is 303 Å². The second-order valence-corrected chi connectivity index (χ2v) is 16.5. The van der Waals surface area contributed by atoms with Crippen LogP contribution in [0.5, 0.6) is 0 Å². The second kappa shape index (κ2) is 13.2. The molecule has 4 unspecified atom stereocenters. The quantitative estimate of drug-likeness (QED) is 0.183. The van der Waals surface area contributed by atoms with Gasteiger partial charge in [0.05, 0.1) is 29.6 Å². The Balaban J connectivity index is 1.82. The number of aliphatic hydroxyl groups is 2. The number of ketones is 1. The number of ether oxygens (including phenoxy) is 6. The van der Waals surface area contributed by atoms with E-state index in [0.717, 1.165) is 13.8 Å². The number of benzene rings is 1. The summed E-state index contributed by atoms with van der Waals surface area (Å²) < 4.78 is 32.7. The van der Waals surface area contributed by atoms with E-state index in [1.54, 1.807) is 32.0 Å². The highest BCUT2D eigenvalue weighted by atomic mass is 35.6. The number of carbonyl (C=O) groups excluding carboxylic acids is 5. The number of Topliss-reactive ketones (excluding diaryl/α,β-unsaturated/α-hetero) is 1. The first-order chi connectivity index (χ1) is 23.1. The summed E-state index contributed by atoms with van der Waals surface area (Å²) in [6.45, 7) is 7.27. The normalized spacial score (nSPS) is 35.9. The number of hydrogen-bond donors (Lipinski definition) is 2. The molecule has 0 spiro atoms. The lowest BCUT2D eigenvalue weighted by atomic mass is 9.44. The highest BCUT2D eigenvalue weighted by molar-refractivity contribution is 6.67. The minimum atomic E-state index is -2.25. The minimum Gasteiger partial charge on any atom is -0.455 e. The van der Waals surface area contributed by atoms with Crippen LogP contribution in [-0.4, -0.2) is 98.8 Å². The zero-order valence-electron chi connectivity index (χ0n) is 28.2. The van der Waals surface area contributed by atoms with Crippen LogP contribution in [0.15, 0.2) is 41.5 Å². The first kappa shape index (κ1) is 38.3. The molecule has 9 atom stereocenters. The van der Waals surface area contributed by atoms with Crippen molar-refractivity contribution in [3.05, 3.63) is 47.0 Å². The van der Waals surface area contributed by atoms with Gasteiger partial charge in [0.15, 0.2) is 17.5 Å². The van der Waals surface area contributed by atoms with Crippen LogP contribution in [0.4, 0.5) is 4.79 Å². The number of hydrogen-bond acceptors (Lipinski definition) is 13. The van der Waals surface area contributed by atoms with Gasteiger partial charge in [-0.05, 0) is 37.1 Å². The van der Waals surface area contributed by atoms with E-state index in [2.05, 4.69) is 0 Å². The monoisotopic (exact) mass is 760 g/mol. The molecule has 0 aromatic heterocycles. The molecule has 1 aromatic rings. The smallest absolute Gasteiger partial charge is 0.455 e. The van der Waals surface area contributed by atoms with Crippen molar-refractivity contribution in [1.29, 1.82) is 0 Å². The number of carbonyl (C=O) groups is 5. The first-order valence-corrected chi connectivity index (χ1v) is 17.0. The lowest BCUT2D eigenvalue weighted by molar-refractivity contribution is -0.346. The predicted octanol–water partition coefficient (Wildman–Crippen LogP) is 4.18. The van der Waals surface area contributed by atoms with Crippen LogP contribution < -0.4 is 0 Å². The third-order valence-electron chi connectivity index (χ3n) is 10.8. The van der Waals surface area contributed by atoms with Crippen LogP contribution in [0.2, 0.25) is 0 Å². The average Bonchev–Trinajstić information content (AvgIpc) is 3.01. The van der Waals surface area contributed by atoms with Crippen molar-refractivity contribution in [3.63, 3.8) is 0 Å². The molecule has 1 aromatic carbocycles. The van der Waals surface area contributed by atoms with Gasteiger partial charge in [-0.3, -0.25) is 14.4 Å². The molecule has 1 heterocycles. The number of esters is 3. The highest BCUT2D eigenvalue weighted by Crippen LogP contribution is 2.64. The van der Waals surface area contributed by atoms with E-state index < -0.39 is 105 Å². The van der Waals surface area contributed by atoms with Gasteiger partial charge in [0.1, 0.15) is 30.5 Å². The molecule has 2 N–H and O–H groups in total. The van der Waals surface area contributed by atoms with Gasteiger partial charge in [-0.2, -0.15) is 0 Å². The molecule has 0 amide bonds. The molecule has 274 valence electrons. The van der Waals surface area contributed by atoms with Gasteiger partial charge in [-0.1, -0.05) is 66.8 Å². The molecule has 13 nitrogen and oxygen atoms in total.